The van der Waals surface area contributed by atoms with E-state index in [0.717, 1.165) is 0 Å². The number of ketones is 6. The predicted octanol–water partition coefficient (Wildman–Crippen LogP) is 7.82. The molecule has 0 saturated heterocycles. The number of Topliss-reactive ketones (excluding diaryl/α,β-unsaturated/α-hetero) is 6. The van der Waals surface area contributed by atoms with E-state index in [9.17, 15) is 28.8 Å². The Balaban J connectivity index is -0.000000240. The van der Waals surface area contributed by atoms with Crippen molar-refractivity contribution in [3.05, 3.63) is 0 Å². The molecule has 0 unspecified atom stereocenters. The Labute approximate surface area is 286 Å². The minimum atomic E-state index is -0.402. The molecule has 0 fully saturated rings. The van der Waals surface area contributed by atoms with Crippen LogP contribution in [0.1, 0.15) is 144 Å². The third-order valence-electron chi connectivity index (χ3n) is 5.98. The zero-order chi connectivity index (χ0) is 32.6. The molecule has 0 spiro atoms. The fourth-order valence-corrected chi connectivity index (χ4v) is 2.03. The summed E-state index contributed by atoms with van der Waals surface area (Å²) >= 11 is 0. The van der Waals surface area contributed by atoms with E-state index in [2.05, 4.69) is 0 Å². The Bertz CT molecular complexity index is 693. The van der Waals surface area contributed by atoms with Crippen LogP contribution in [-0.4, -0.2) is 34.7 Å². The van der Waals surface area contributed by atoms with Crippen molar-refractivity contribution < 1.29 is 78.1 Å². The molecule has 0 aliphatic heterocycles. The fourth-order valence-electron chi connectivity index (χ4n) is 2.03. The van der Waals surface area contributed by atoms with Crippen LogP contribution in [0.2, 0.25) is 0 Å². The van der Waals surface area contributed by atoms with Gasteiger partial charge in [0, 0.05) is 81.9 Å². The smallest absolute Gasteiger partial charge is 0.145 e. The zero-order valence-electron chi connectivity index (χ0n) is 28.9. The summed E-state index contributed by atoms with van der Waals surface area (Å²) in [5, 5.41) is 0. The molecule has 7 heteroatoms. The third kappa shape index (κ3) is 22.2. The Morgan fingerprint density at radius 1 is 0.275 bits per heavy atom. The van der Waals surface area contributed by atoms with Crippen LogP contribution >= 0.6 is 0 Å². The van der Waals surface area contributed by atoms with Crippen molar-refractivity contribution in [1.29, 1.82) is 0 Å². The van der Waals surface area contributed by atoms with Crippen molar-refractivity contribution in [2.45, 2.75) is 144 Å². The van der Waals surface area contributed by atoms with Crippen LogP contribution < -0.4 is 0 Å². The number of carbonyl (C=O) groups is 6. The van der Waals surface area contributed by atoms with E-state index in [1.54, 1.807) is 0 Å². The van der Waals surface area contributed by atoms with Crippen molar-refractivity contribution >= 4 is 34.7 Å². The number of rotatable bonds is 6. The van der Waals surface area contributed by atoms with Gasteiger partial charge in [0.25, 0.3) is 0 Å². The van der Waals surface area contributed by atoms with Gasteiger partial charge in [-0.15, -0.1) is 0 Å². The van der Waals surface area contributed by atoms with E-state index in [-0.39, 0.29) is 103 Å². The summed E-state index contributed by atoms with van der Waals surface area (Å²) in [5.41, 5.74) is -2.41. The molecule has 0 bridgehead atoms. The molecule has 0 aliphatic rings. The molecule has 0 aromatic heterocycles. The van der Waals surface area contributed by atoms with Crippen LogP contribution in [0.3, 0.4) is 0 Å². The van der Waals surface area contributed by atoms with Gasteiger partial charge in [0.15, 0.2) is 0 Å². The van der Waals surface area contributed by atoms with E-state index in [4.69, 9.17) is 0 Å². The molecule has 0 aromatic rings. The molecule has 0 amide bonds. The average molecular weight is 705 g/mol. The SMILES string of the molecule is CC(C)(C)C(=O)CC(=O)C(C)(C)C.CC(C)(C)C(=O)CC(=O)C(C)(C)C.CC(C)(C)C(=O)CC(=O)C(C)(C)C.[Eu]. The summed E-state index contributed by atoms with van der Waals surface area (Å²) < 4.78 is 0. The Morgan fingerprint density at radius 2 is 0.350 bits per heavy atom. The van der Waals surface area contributed by atoms with Crippen LogP contribution in [0.5, 0.6) is 0 Å². The summed E-state index contributed by atoms with van der Waals surface area (Å²) in [5.74, 6) is 0.125. The standard InChI is InChI=1S/3C11H20O2.Eu/c3*1-10(2,3)8(12)7-9(13)11(4,5)6;/h3*7H2,1-6H3;. The Kier molecular flexibility index (Phi) is 19.8. The normalized spacial score (nSPS) is 12.4. The second-order valence-corrected chi connectivity index (χ2v) is 16.6. The van der Waals surface area contributed by atoms with E-state index >= 15 is 0 Å². The molecule has 0 aromatic carbocycles. The quantitative estimate of drug-likeness (QED) is 0.262. The van der Waals surface area contributed by atoms with E-state index in [0.29, 0.717) is 0 Å². The number of hydrogen-bond donors (Lipinski definition) is 0. The molecule has 0 atom stereocenters. The predicted molar refractivity (Wildman–Crippen MR) is 161 cm³/mol. The average Bonchev–Trinajstić information content (AvgIpc) is 2.64. The van der Waals surface area contributed by atoms with Gasteiger partial charge >= 0.3 is 0 Å². The Hall–Kier alpha value is -0.396. The molecule has 6 nitrogen and oxygen atoms in total. The topological polar surface area (TPSA) is 102 Å². The second kappa shape index (κ2) is 17.0. The molecule has 0 heterocycles. The van der Waals surface area contributed by atoms with Gasteiger partial charge in [-0.25, -0.2) is 0 Å². The maximum absolute atomic E-state index is 11.5. The molecule has 40 heavy (non-hydrogen) atoms. The maximum atomic E-state index is 11.5. The summed E-state index contributed by atoms with van der Waals surface area (Å²) in [6.07, 6.45) is 0.187. The van der Waals surface area contributed by atoms with E-state index in [1.165, 1.54) is 0 Å². The van der Waals surface area contributed by atoms with E-state index in [1.807, 2.05) is 125 Å². The minimum Gasteiger partial charge on any atom is -0.299 e. The van der Waals surface area contributed by atoms with Crippen LogP contribution in [-0.2, 0) is 28.8 Å². The van der Waals surface area contributed by atoms with Crippen LogP contribution in [0.25, 0.3) is 0 Å². The van der Waals surface area contributed by atoms with Crippen molar-refractivity contribution in [3.8, 4) is 0 Å². The van der Waals surface area contributed by atoms with Gasteiger partial charge in [0.05, 0.1) is 19.3 Å². The molecule has 0 saturated carbocycles. The molecule has 235 valence electrons. The van der Waals surface area contributed by atoms with Crippen LogP contribution in [0, 0.1) is 81.9 Å². The van der Waals surface area contributed by atoms with Crippen molar-refractivity contribution in [2.75, 3.05) is 0 Å². The first-order chi connectivity index (χ1) is 16.6. The molecule has 0 rings (SSSR count). The second-order valence-electron chi connectivity index (χ2n) is 16.6. The zero-order valence-corrected chi connectivity index (χ0v) is 31.4. The number of hydrogen-bond acceptors (Lipinski definition) is 6. The van der Waals surface area contributed by atoms with Gasteiger partial charge in [0.2, 0.25) is 0 Å². The van der Waals surface area contributed by atoms with Gasteiger partial charge in [-0.05, 0) is 0 Å². The van der Waals surface area contributed by atoms with Gasteiger partial charge in [-0.2, -0.15) is 0 Å². The van der Waals surface area contributed by atoms with E-state index < -0.39 is 32.5 Å². The fraction of sp³-hybridized carbons (Fsp3) is 0.818. The van der Waals surface area contributed by atoms with Crippen molar-refractivity contribution in [2.24, 2.45) is 32.5 Å². The summed E-state index contributed by atoms with van der Waals surface area (Å²) in [4.78, 5) is 69.0. The van der Waals surface area contributed by atoms with Crippen molar-refractivity contribution in [1.82, 2.24) is 0 Å². The van der Waals surface area contributed by atoms with Gasteiger partial charge in [-0.1, -0.05) is 125 Å². The van der Waals surface area contributed by atoms with Gasteiger partial charge in [-0.3, -0.25) is 28.8 Å². The molecular weight excluding hydrogens is 644 g/mol. The first-order valence-electron chi connectivity index (χ1n) is 13.8. The summed E-state index contributed by atoms with van der Waals surface area (Å²) in [6.45, 7) is 33.1. The summed E-state index contributed by atoms with van der Waals surface area (Å²) in [6, 6.07) is 0. The van der Waals surface area contributed by atoms with Crippen LogP contribution in [0.15, 0.2) is 0 Å². The molecule has 1 radical (unpaired) electrons. The Morgan fingerprint density at radius 3 is 0.400 bits per heavy atom. The third-order valence-corrected chi connectivity index (χ3v) is 5.98. The minimum absolute atomic E-state index is 0. The van der Waals surface area contributed by atoms with Gasteiger partial charge < -0.3 is 0 Å². The van der Waals surface area contributed by atoms with Crippen molar-refractivity contribution in [3.63, 3.8) is 0 Å². The first-order valence-corrected chi connectivity index (χ1v) is 13.8. The van der Waals surface area contributed by atoms with Gasteiger partial charge in [0.1, 0.15) is 34.7 Å². The molecule has 0 N–H and O–H groups in total. The van der Waals surface area contributed by atoms with Crippen LogP contribution in [0.4, 0.5) is 0 Å². The largest absolute Gasteiger partial charge is 0.299 e. The first kappa shape index (κ1) is 46.6. The summed E-state index contributed by atoms with van der Waals surface area (Å²) in [7, 11) is 0. The monoisotopic (exact) mass is 705 g/mol. The maximum Gasteiger partial charge on any atom is 0.145 e. The molecular formula is C33H60EuO6. The number of carbonyl (C=O) groups excluding carboxylic acids is 6. The molecule has 0 aliphatic carbocycles.